The summed E-state index contributed by atoms with van der Waals surface area (Å²) < 4.78 is 0. The Morgan fingerprint density at radius 2 is 1.85 bits per heavy atom. The molecule has 1 amide bonds. The van der Waals surface area contributed by atoms with Crippen LogP contribution in [0.3, 0.4) is 0 Å². The number of carboxylic acid groups (broad SMARTS) is 1. The normalized spacial score (nSPS) is 13.0. The molecule has 1 aliphatic rings. The molecule has 0 saturated carbocycles. The van der Waals surface area contributed by atoms with Crippen LogP contribution in [0.2, 0.25) is 0 Å². The van der Waals surface area contributed by atoms with Gasteiger partial charge in [0.25, 0.3) is 5.91 Å². The Morgan fingerprint density at radius 1 is 1.11 bits per heavy atom. The summed E-state index contributed by atoms with van der Waals surface area (Å²) in [5.41, 5.74) is 2.27. The topological polar surface area (TPSA) is 98.7 Å². The molecule has 0 fully saturated rings. The number of fused-ring (bicyclic) bond motifs is 2. The van der Waals surface area contributed by atoms with E-state index in [2.05, 4.69) is 15.3 Å². The minimum Gasteiger partial charge on any atom is -0.478 e. The van der Waals surface area contributed by atoms with Crippen molar-refractivity contribution >= 4 is 52.0 Å². The van der Waals surface area contributed by atoms with Crippen molar-refractivity contribution in [3.05, 3.63) is 52.3 Å². The van der Waals surface area contributed by atoms with E-state index in [9.17, 15) is 9.59 Å². The lowest BCUT2D eigenvalue weighted by Crippen LogP contribution is -2.25. The molecule has 0 spiro atoms. The molecule has 4 rings (SSSR count). The smallest absolute Gasteiger partial charge is 0.335 e. The Kier molecular flexibility index (Phi) is 4.00. The number of anilines is 5. The van der Waals surface area contributed by atoms with Gasteiger partial charge < -0.3 is 20.2 Å². The van der Waals surface area contributed by atoms with Crippen molar-refractivity contribution < 1.29 is 14.7 Å². The van der Waals surface area contributed by atoms with Crippen LogP contribution in [0.4, 0.5) is 28.8 Å². The second kappa shape index (κ2) is 6.36. The number of hydrogen-bond acceptors (Lipinski definition) is 7. The van der Waals surface area contributed by atoms with Crippen LogP contribution >= 0.6 is 11.3 Å². The number of carbonyl (C=O) groups excluding carboxylic acids is 1. The van der Waals surface area contributed by atoms with Gasteiger partial charge in [0.05, 0.1) is 17.4 Å². The van der Waals surface area contributed by atoms with Gasteiger partial charge in [-0.3, -0.25) is 4.79 Å². The summed E-state index contributed by atoms with van der Waals surface area (Å²) in [4.78, 5) is 36.5. The van der Waals surface area contributed by atoms with Gasteiger partial charge in [0, 0.05) is 19.8 Å². The third-order valence-electron chi connectivity index (χ3n) is 4.32. The highest BCUT2D eigenvalue weighted by Crippen LogP contribution is 2.40. The van der Waals surface area contributed by atoms with Crippen LogP contribution in [-0.2, 0) is 0 Å². The van der Waals surface area contributed by atoms with Crippen LogP contribution in [0.25, 0.3) is 0 Å². The first-order valence-electron chi connectivity index (χ1n) is 8.02. The van der Waals surface area contributed by atoms with Gasteiger partial charge in [0.1, 0.15) is 10.6 Å². The molecule has 9 heteroatoms. The lowest BCUT2D eigenvalue weighted by molar-refractivity contribution is 0.0696. The van der Waals surface area contributed by atoms with Crippen LogP contribution in [-0.4, -0.2) is 41.0 Å². The van der Waals surface area contributed by atoms with Gasteiger partial charge in [-0.25, -0.2) is 9.78 Å². The van der Waals surface area contributed by atoms with E-state index in [1.54, 1.807) is 30.3 Å². The molecule has 2 aromatic heterocycles. The van der Waals surface area contributed by atoms with Gasteiger partial charge in [0.15, 0.2) is 5.82 Å². The van der Waals surface area contributed by atoms with Gasteiger partial charge in [-0.05, 0) is 35.7 Å². The summed E-state index contributed by atoms with van der Waals surface area (Å²) in [5.74, 6) is -0.131. The molecule has 2 N–H and O–H groups in total. The van der Waals surface area contributed by atoms with Gasteiger partial charge in [-0.1, -0.05) is 0 Å². The first-order chi connectivity index (χ1) is 13.0. The van der Waals surface area contributed by atoms with Crippen molar-refractivity contribution in [3.63, 3.8) is 0 Å². The predicted molar refractivity (Wildman–Crippen MR) is 104 cm³/mol. The second-order valence-electron chi connectivity index (χ2n) is 5.97. The summed E-state index contributed by atoms with van der Waals surface area (Å²) >= 11 is 1.39. The molecular weight excluding hydrogens is 366 g/mol. The van der Waals surface area contributed by atoms with Crippen molar-refractivity contribution in [2.24, 2.45) is 0 Å². The maximum Gasteiger partial charge on any atom is 0.335 e. The molecule has 0 unspecified atom stereocenters. The number of thiophene rings is 1. The lowest BCUT2D eigenvalue weighted by Gasteiger charge is -2.20. The van der Waals surface area contributed by atoms with Gasteiger partial charge in [0.2, 0.25) is 5.95 Å². The zero-order valence-electron chi connectivity index (χ0n) is 14.5. The van der Waals surface area contributed by atoms with Crippen molar-refractivity contribution in [3.8, 4) is 0 Å². The van der Waals surface area contributed by atoms with E-state index >= 15 is 0 Å². The van der Waals surface area contributed by atoms with Gasteiger partial charge in [-0.15, -0.1) is 11.3 Å². The van der Waals surface area contributed by atoms with E-state index in [0.29, 0.717) is 28.0 Å². The summed E-state index contributed by atoms with van der Waals surface area (Å²) in [6, 6.07) is 8.19. The number of aromatic carboxylic acids is 1. The number of aromatic nitrogens is 2. The fourth-order valence-electron chi connectivity index (χ4n) is 2.84. The monoisotopic (exact) mass is 381 g/mol. The summed E-state index contributed by atoms with van der Waals surface area (Å²) in [5, 5.41) is 13.9. The van der Waals surface area contributed by atoms with Crippen LogP contribution in [0, 0.1) is 0 Å². The molecule has 8 nitrogen and oxygen atoms in total. The Morgan fingerprint density at radius 3 is 2.56 bits per heavy atom. The molecule has 0 radical (unpaired) electrons. The third-order valence-corrected chi connectivity index (χ3v) is 5.21. The van der Waals surface area contributed by atoms with E-state index in [-0.39, 0.29) is 11.5 Å². The maximum absolute atomic E-state index is 12.7. The van der Waals surface area contributed by atoms with Crippen LogP contribution in [0.5, 0.6) is 0 Å². The Balaban J connectivity index is 1.70. The van der Waals surface area contributed by atoms with Crippen molar-refractivity contribution in [2.75, 3.05) is 29.2 Å². The van der Waals surface area contributed by atoms with Crippen LogP contribution in [0.1, 0.15) is 20.0 Å². The third kappa shape index (κ3) is 2.87. The molecule has 0 aliphatic carbocycles. The standard InChI is InChI=1S/C18H15N5O3S/c1-22-12-7-8-27-14(12)16(24)23(2)13-9-19-18(21-15(13)22)20-11-5-3-10(4-6-11)17(25)26/h3-9H,1-2H3,(H,25,26)(H,19,20,21). The fourth-order valence-corrected chi connectivity index (χ4v) is 3.73. The van der Waals surface area contributed by atoms with Crippen molar-refractivity contribution in [1.29, 1.82) is 0 Å². The van der Waals surface area contributed by atoms with Gasteiger partial charge >= 0.3 is 5.97 Å². The number of carbonyl (C=O) groups is 2. The van der Waals surface area contributed by atoms with Crippen molar-refractivity contribution in [1.82, 2.24) is 9.97 Å². The highest BCUT2D eigenvalue weighted by atomic mass is 32.1. The summed E-state index contributed by atoms with van der Waals surface area (Å²) in [7, 11) is 3.56. The molecule has 136 valence electrons. The van der Waals surface area contributed by atoms with E-state index in [1.165, 1.54) is 23.5 Å². The first-order valence-corrected chi connectivity index (χ1v) is 8.90. The Bertz CT molecular complexity index is 1050. The van der Waals surface area contributed by atoms with Crippen LogP contribution < -0.4 is 15.1 Å². The second-order valence-corrected chi connectivity index (χ2v) is 6.88. The molecule has 0 atom stereocenters. The number of carboxylic acids is 1. The average Bonchev–Trinajstić information content (AvgIpc) is 3.14. The van der Waals surface area contributed by atoms with Gasteiger partial charge in [-0.2, -0.15) is 4.98 Å². The molecule has 1 aliphatic heterocycles. The van der Waals surface area contributed by atoms with Crippen molar-refractivity contribution in [2.45, 2.75) is 0 Å². The highest BCUT2D eigenvalue weighted by Gasteiger charge is 2.30. The van der Waals surface area contributed by atoms with E-state index in [0.717, 1.165) is 5.69 Å². The molecule has 27 heavy (non-hydrogen) atoms. The molecule has 1 aromatic carbocycles. The molecule has 3 aromatic rings. The minimum absolute atomic E-state index is 0.0980. The quantitative estimate of drug-likeness (QED) is 0.718. The van der Waals surface area contributed by atoms with E-state index in [1.807, 2.05) is 23.4 Å². The maximum atomic E-state index is 12.7. The first kappa shape index (κ1) is 17.0. The zero-order valence-corrected chi connectivity index (χ0v) is 15.3. The zero-order chi connectivity index (χ0) is 19.1. The number of rotatable bonds is 3. The van der Waals surface area contributed by atoms with E-state index in [4.69, 9.17) is 5.11 Å². The number of nitrogens with zero attached hydrogens (tertiary/aromatic N) is 4. The number of nitrogens with one attached hydrogen (secondary N) is 1. The minimum atomic E-state index is -0.983. The number of amides is 1. The SMILES string of the molecule is CN1C(=O)c2sccc2N(C)c2nc(Nc3ccc(C(=O)O)cc3)ncc21. The molecule has 0 bridgehead atoms. The largest absolute Gasteiger partial charge is 0.478 e. The average molecular weight is 381 g/mol. The summed E-state index contributed by atoms with van der Waals surface area (Å²) in [6.07, 6.45) is 1.60. The Hall–Kier alpha value is -3.46. The fraction of sp³-hybridized carbons (Fsp3) is 0.111. The van der Waals surface area contributed by atoms with E-state index < -0.39 is 5.97 Å². The molecule has 0 saturated heterocycles. The lowest BCUT2D eigenvalue weighted by atomic mass is 10.2. The number of benzene rings is 1. The predicted octanol–water partition coefficient (Wildman–Crippen LogP) is 3.34. The molecular formula is C18H15N5O3S. The number of hydrogen-bond donors (Lipinski definition) is 2. The van der Waals surface area contributed by atoms with Crippen LogP contribution in [0.15, 0.2) is 41.9 Å². The summed E-state index contributed by atoms with van der Waals surface area (Å²) in [6.45, 7) is 0. The molecule has 3 heterocycles. The Labute approximate surface area is 158 Å². The highest BCUT2D eigenvalue weighted by molar-refractivity contribution is 7.12.